The first-order valence-electron chi connectivity index (χ1n) is 4.58. The van der Waals surface area contributed by atoms with Crippen molar-refractivity contribution in [3.63, 3.8) is 0 Å². The number of nitrogens with zero attached hydrogens (tertiary/aromatic N) is 1. The fourth-order valence-corrected chi connectivity index (χ4v) is 2.62. The molecule has 0 bridgehead atoms. The van der Waals surface area contributed by atoms with Crippen LogP contribution in [-0.4, -0.2) is 15.5 Å². The molecule has 1 aliphatic rings. The molecule has 2 unspecified atom stereocenters. The molecule has 0 radical (unpaired) electrons. The number of aliphatic hydroxyl groups is 1. The van der Waals surface area contributed by atoms with Crippen LogP contribution in [0, 0.1) is 0 Å². The highest BCUT2D eigenvalue weighted by atomic mass is 32.1. The van der Waals surface area contributed by atoms with Gasteiger partial charge < -0.3 is 10.8 Å². The van der Waals surface area contributed by atoms with Crippen molar-refractivity contribution in [2.45, 2.75) is 37.3 Å². The van der Waals surface area contributed by atoms with Gasteiger partial charge in [0.25, 0.3) is 0 Å². The monoisotopic (exact) mass is 198 g/mol. The van der Waals surface area contributed by atoms with Gasteiger partial charge in [-0.05, 0) is 37.2 Å². The molecule has 0 aliphatic heterocycles. The summed E-state index contributed by atoms with van der Waals surface area (Å²) in [6.45, 7) is 0. The minimum atomic E-state index is -0.704. The van der Waals surface area contributed by atoms with E-state index in [1.54, 1.807) is 6.20 Å². The second kappa shape index (κ2) is 3.36. The second-order valence-electron chi connectivity index (χ2n) is 3.80. The van der Waals surface area contributed by atoms with Crippen LogP contribution >= 0.6 is 11.5 Å². The number of hydrogen-bond acceptors (Lipinski definition) is 4. The van der Waals surface area contributed by atoms with E-state index in [1.807, 2.05) is 5.38 Å². The average molecular weight is 198 g/mol. The largest absolute Gasteiger partial charge is 0.385 e. The SMILES string of the molecule is NC1CCCC(O)(c2cnsc2)C1. The van der Waals surface area contributed by atoms with Crippen molar-refractivity contribution in [3.05, 3.63) is 17.1 Å². The van der Waals surface area contributed by atoms with Gasteiger partial charge in [-0.3, -0.25) is 0 Å². The van der Waals surface area contributed by atoms with Crippen LogP contribution in [0.1, 0.15) is 31.2 Å². The zero-order valence-corrected chi connectivity index (χ0v) is 8.26. The van der Waals surface area contributed by atoms with Gasteiger partial charge >= 0.3 is 0 Å². The first kappa shape index (κ1) is 9.12. The maximum atomic E-state index is 10.3. The molecule has 13 heavy (non-hydrogen) atoms. The molecule has 0 saturated heterocycles. The van der Waals surface area contributed by atoms with Gasteiger partial charge in [-0.25, -0.2) is 4.37 Å². The van der Waals surface area contributed by atoms with E-state index in [0.717, 1.165) is 24.8 Å². The predicted molar refractivity (Wildman–Crippen MR) is 52.5 cm³/mol. The van der Waals surface area contributed by atoms with E-state index < -0.39 is 5.60 Å². The van der Waals surface area contributed by atoms with Gasteiger partial charge in [0.1, 0.15) is 0 Å². The molecule has 1 aliphatic carbocycles. The smallest absolute Gasteiger partial charge is 0.0934 e. The van der Waals surface area contributed by atoms with E-state index in [1.165, 1.54) is 11.5 Å². The average Bonchev–Trinajstić information content (AvgIpc) is 2.55. The number of nitrogens with two attached hydrogens (primary N) is 1. The molecule has 72 valence electrons. The van der Waals surface area contributed by atoms with Crippen LogP contribution in [-0.2, 0) is 5.60 Å². The Morgan fingerprint density at radius 3 is 3.15 bits per heavy atom. The molecule has 1 heterocycles. The highest BCUT2D eigenvalue weighted by Crippen LogP contribution is 2.36. The first-order valence-corrected chi connectivity index (χ1v) is 5.42. The molecule has 0 spiro atoms. The van der Waals surface area contributed by atoms with Gasteiger partial charge in [0.15, 0.2) is 0 Å². The lowest BCUT2D eigenvalue weighted by molar-refractivity contribution is -0.00695. The van der Waals surface area contributed by atoms with E-state index in [9.17, 15) is 5.11 Å². The van der Waals surface area contributed by atoms with Gasteiger partial charge in [0.2, 0.25) is 0 Å². The fourth-order valence-electron chi connectivity index (χ4n) is 1.99. The molecule has 3 nitrogen and oxygen atoms in total. The number of hydrogen-bond donors (Lipinski definition) is 2. The van der Waals surface area contributed by atoms with Crippen LogP contribution in [0.25, 0.3) is 0 Å². The summed E-state index contributed by atoms with van der Waals surface area (Å²) in [5.74, 6) is 0. The Labute approximate surface area is 81.8 Å². The quantitative estimate of drug-likeness (QED) is 0.713. The maximum absolute atomic E-state index is 10.3. The summed E-state index contributed by atoms with van der Waals surface area (Å²) in [6.07, 6.45) is 5.28. The minimum absolute atomic E-state index is 0.138. The molecular formula is C9H14N2OS. The molecule has 1 fully saturated rings. The first-order chi connectivity index (χ1) is 6.21. The molecule has 3 N–H and O–H groups in total. The van der Waals surface area contributed by atoms with E-state index in [-0.39, 0.29) is 6.04 Å². The summed E-state index contributed by atoms with van der Waals surface area (Å²) in [6, 6.07) is 0.138. The van der Waals surface area contributed by atoms with E-state index in [4.69, 9.17) is 5.73 Å². The zero-order chi connectivity index (χ0) is 9.31. The number of aromatic nitrogens is 1. The van der Waals surface area contributed by atoms with Crippen molar-refractivity contribution >= 4 is 11.5 Å². The third kappa shape index (κ3) is 1.75. The molecule has 1 aromatic heterocycles. The Hall–Kier alpha value is -0.450. The van der Waals surface area contributed by atoms with Crippen molar-refractivity contribution in [3.8, 4) is 0 Å². The van der Waals surface area contributed by atoms with Gasteiger partial charge in [-0.1, -0.05) is 0 Å². The summed E-state index contributed by atoms with van der Waals surface area (Å²) in [4.78, 5) is 0. The Morgan fingerprint density at radius 2 is 2.54 bits per heavy atom. The molecule has 2 atom stereocenters. The van der Waals surface area contributed by atoms with Crippen LogP contribution < -0.4 is 5.73 Å². The molecule has 2 rings (SSSR count). The van der Waals surface area contributed by atoms with Crippen LogP contribution in [0.4, 0.5) is 0 Å². The zero-order valence-electron chi connectivity index (χ0n) is 7.44. The van der Waals surface area contributed by atoms with Crippen LogP contribution in [0.5, 0.6) is 0 Å². The molecule has 0 amide bonds. The van der Waals surface area contributed by atoms with Crippen LogP contribution in [0.3, 0.4) is 0 Å². The van der Waals surface area contributed by atoms with E-state index >= 15 is 0 Å². The van der Waals surface area contributed by atoms with Crippen molar-refractivity contribution in [2.24, 2.45) is 5.73 Å². The van der Waals surface area contributed by atoms with Crippen LogP contribution in [0.15, 0.2) is 11.6 Å². The van der Waals surface area contributed by atoms with Gasteiger partial charge in [-0.2, -0.15) is 0 Å². The topological polar surface area (TPSA) is 59.1 Å². The fraction of sp³-hybridized carbons (Fsp3) is 0.667. The highest BCUT2D eigenvalue weighted by molar-refractivity contribution is 7.03. The summed E-state index contributed by atoms with van der Waals surface area (Å²) in [5.41, 5.74) is 6.07. The lowest BCUT2D eigenvalue weighted by Gasteiger charge is -2.34. The van der Waals surface area contributed by atoms with Gasteiger partial charge in [-0.15, -0.1) is 0 Å². The Morgan fingerprint density at radius 1 is 1.69 bits per heavy atom. The lowest BCUT2D eigenvalue weighted by atomic mass is 9.79. The van der Waals surface area contributed by atoms with E-state index in [0.29, 0.717) is 6.42 Å². The van der Waals surface area contributed by atoms with Gasteiger partial charge in [0.05, 0.1) is 5.60 Å². The van der Waals surface area contributed by atoms with Crippen molar-refractivity contribution < 1.29 is 5.11 Å². The Balaban J connectivity index is 2.20. The third-order valence-electron chi connectivity index (χ3n) is 2.73. The lowest BCUT2D eigenvalue weighted by Crippen LogP contribution is -2.38. The summed E-state index contributed by atoms with van der Waals surface area (Å²) in [5, 5.41) is 12.2. The predicted octanol–water partition coefficient (Wildman–Crippen LogP) is 1.23. The minimum Gasteiger partial charge on any atom is -0.385 e. The second-order valence-corrected chi connectivity index (χ2v) is 4.46. The van der Waals surface area contributed by atoms with Gasteiger partial charge in [0, 0.05) is 23.2 Å². The standard InChI is InChI=1S/C9H14N2OS/c10-8-2-1-3-9(12,4-8)7-5-11-13-6-7/h5-6,8,12H,1-4,10H2. The summed E-state index contributed by atoms with van der Waals surface area (Å²) in [7, 11) is 0. The Kier molecular flexibility index (Phi) is 2.36. The molecular weight excluding hydrogens is 184 g/mol. The Bertz CT molecular complexity index is 275. The van der Waals surface area contributed by atoms with Crippen molar-refractivity contribution in [1.82, 2.24) is 4.37 Å². The maximum Gasteiger partial charge on any atom is 0.0934 e. The molecule has 1 saturated carbocycles. The molecule has 4 heteroatoms. The van der Waals surface area contributed by atoms with Crippen molar-refractivity contribution in [1.29, 1.82) is 0 Å². The van der Waals surface area contributed by atoms with Crippen molar-refractivity contribution in [2.75, 3.05) is 0 Å². The third-order valence-corrected chi connectivity index (χ3v) is 3.32. The van der Waals surface area contributed by atoms with E-state index in [2.05, 4.69) is 4.37 Å². The molecule has 1 aromatic rings. The number of rotatable bonds is 1. The summed E-state index contributed by atoms with van der Waals surface area (Å²) < 4.78 is 4.01. The molecule has 0 aromatic carbocycles. The highest BCUT2D eigenvalue weighted by Gasteiger charge is 2.35. The summed E-state index contributed by atoms with van der Waals surface area (Å²) >= 11 is 1.38. The normalized spacial score (nSPS) is 34.8. The van der Waals surface area contributed by atoms with Crippen LogP contribution in [0.2, 0.25) is 0 Å².